The molecule has 0 saturated carbocycles. The third-order valence-corrected chi connectivity index (χ3v) is 2.22. The molecule has 5 heteroatoms. The molecule has 0 fully saturated rings. The molecule has 96 valence electrons. The Labute approximate surface area is 103 Å². The van der Waals surface area contributed by atoms with E-state index in [0.717, 1.165) is 30.9 Å². The topological polar surface area (TPSA) is 56.3 Å². The number of nitrogens with one attached hydrogen (secondary N) is 1. The van der Waals surface area contributed by atoms with Crippen molar-refractivity contribution < 1.29 is 9.47 Å². The lowest BCUT2D eigenvalue weighted by Gasteiger charge is -2.08. The van der Waals surface area contributed by atoms with E-state index in [9.17, 15) is 0 Å². The molecule has 0 spiro atoms. The number of anilines is 1. The van der Waals surface area contributed by atoms with Gasteiger partial charge in [0.25, 0.3) is 0 Å². The summed E-state index contributed by atoms with van der Waals surface area (Å²) >= 11 is 0. The quantitative estimate of drug-likeness (QED) is 0.702. The highest BCUT2D eigenvalue weighted by Gasteiger charge is 2.04. The lowest BCUT2D eigenvalue weighted by Crippen LogP contribution is -2.06. The molecule has 1 N–H and O–H groups in total. The number of methoxy groups -OCH3 is 1. The zero-order chi connectivity index (χ0) is 12.5. The molecule has 0 aliphatic heterocycles. The van der Waals surface area contributed by atoms with Crippen molar-refractivity contribution >= 4 is 5.82 Å². The van der Waals surface area contributed by atoms with Gasteiger partial charge in [-0.2, -0.15) is 4.98 Å². The van der Waals surface area contributed by atoms with Gasteiger partial charge in [-0.25, -0.2) is 4.98 Å². The van der Waals surface area contributed by atoms with Crippen LogP contribution in [0, 0.1) is 0 Å². The Hall–Kier alpha value is -1.36. The van der Waals surface area contributed by atoms with Gasteiger partial charge in [-0.3, -0.25) is 0 Å². The second-order valence-corrected chi connectivity index (χ2v) is 3.70. The Morgan fingerprint density at radius 3 is 2.76 bits per heavy atom. The Bertz CT molecular complexity index is 332. The molecule has 0 aliphatic rings. The smallest absolute Gasteiger partial charge is 0.218 e. The van der Waals surface area contributed by atoms with Crippen LogP contribution in [-0.4, -0.2) is 37.3 Å². The van der Waals surface area contributed by atoms with E-state index in [1.165, 1.54) is 0 Å². The molecule has 1 aromatic heterocycles. The van der Waals surface area contributed by atoms with Gasteiger partial charge in [0.15, 0.2) is 0 Å². The summed E-state index contributed by atoms with van der Waals surface area (Å²) in [6.45, 7) is 3.42. The summed E-state index contributed by atoms with van der Waals surface area (Å²) in [6, 6.07) is 1.81. The van der Waals surface area contributed by atoms with E-state index >= 15 is 0 Å². The first kappa shape index (κ1) is 13.7. The van der Waals surface area contributed by atoms with E-state index < -0.39 is 0 Å². The van der Waals surface area contributed by atoms with Crippen molar-refractivity contribution in [2.75, 3.05) is 32.7 Å². The molecule has 0 bridgehead atoms. The number of rotatable bonds is 8. The molecule has 0 saturated heterocycles. The summed E-state index contributed by atoms with van der Waals surface area (Å²) in [5.41, 5.74) is 0. The molecule has 1 heterocycles. The van der Waals surface area contributed by atoms with Crippen LogP contribution in [-0.2, 0) is 11.2 Å². The Morgan fingerprint density at radius 1 is 1.29 bits per heavy atom. The largest absolute Gasteiger partial charge is 0.477 e. The van der Waals surface area contributed by atoms with Crippen LogP contribution in [0.1, 0.15) is 25.6 Å². The summed E-state index contributed by atoms with van der Waals surface area (Å²) in [5, 5.41) is 3.01. The van der Waals surface area contributed by atoms with Gasteiger partial charge in [0, 0.05) is 39.7 Å². The van der Waals surface area contributed by atoms with E-state index in [1.807, 2.05) is 13.1 Å². The fraction of sp³-hybridized carbons (Fsp3) is 0.667. The number of ether oxygens (including phenoxy) is 2. The minimum absolute atomic E-state index is 0.611. The summed E-state index contributed by atoms with van der Waals surface area (Å²) in [6.07, 6.45) is 2.75. The monoisotopic (exact) mass is 239 g/mol. The average Bonchev–Trinajstić information content (AvgIpc) is 2.35. The van der Waals surface area contributed by atoms with Crippen LogP contribution in [0.3, 0.4) is 0 Å². The van der Waals surface area contributed by atoms with Crippen LogP contribution in [0.5, 0.6) is 5.88 Å². The van der Waals surface area contributed by atoms with Crippen LogP contribution < -0.4 is 10.1 Å². The summed E-state index contributed by atoms with van der Waals surface area (Å²) in [4.78, 5) is 8.71. The number of nitrogens with zero attached hydrogens (tertiary/aromatic N) is 2. The van der Waals surface area contributed by atoms with Gasteiger partial charge in [0.05, 0.1) is 6.61 Å². The van der Waals surface area contributed by atoms with Gasteiger partial charge in [0.2, 0.25) is 5.88 Å². The molecule has 1 aromatic rings. The van der Waals surface area contributed by atoms with Crippen molar-refractivity contribution in [1.82, 2.24) is 9.97 Å². The van der Waals surface area contributed by atoms with Crippen LogP contribution >= 0.6 is 0 Å². The molecule has 0 aromatic carbocycles. The number of hydrogen-bond acceptors (Lipinski definition) is 5. The summed E-state index contributed by atoms with van der Waals surface area (Å²) < 4.78 is 10.5. The van der Waals surface area contributed by atoms with Crippen molar-refractivity contribution in [3.05, 3.63) is 11.9 Å². The van der Waals surface area contributed by atoms with Gasteiger partial charge in [-0.05, 0) is 6.42 Å². The normalized spacial score (nSPS) is 10.3. The van der Waals surface area contributed by atoms with Crippen molar-refractivity contribution in [2.45, 2.75) is 26.2 Å². The zero-order valence-corrected chi connectivity index (χ0v) is 10.8. The van der Waals surface area contributed by atoms with E-state index in [0.29, 0.717) is 19.1 Å². The third-order valence-electron chi connectivity index (χ3n) is 2.22. The minimum Gasteiger partial charge on any atom is -0.477 e. The molecular weight excluding hydrogens is 218 g/mol. The molecule has 1 rings (SSSR count). The molecule has 0 unspecified atom stereocenters. The number of aromatic nitrogens is 2. The SMILES string of the molecule is CCCc1nc(NC)cc(OCCCOC)n1. The summed E-state index contributed by atoms with van der Waals surface area (Å²) in [5.74, 6) is 2.25. The van der Waals surface area contributed by atoms with Crippen molar-refractivity contribution in [1.29, 1.82) is 0 Å². The lowest BCUT2D eigenvalue weighted by atomic mass is 10.3. The van der Waals surface area contributed by atoms with Crippen LogP contribution in [0.25, 0.3) is 0 Å². The second-order valence-electron chi connectivity index (χ2n) is 3.70. The standard InChI is InChI=1S/C12H21N3O2/c1-4-6-10-14-11(13-2)9-12(15-10)17-8-5-7-16-3/h9H,4-8H2,1-3H3,(H,13,14,15). The maximum Gasteiger partial charge on any atom is 0.218 e. The van der Waals surface area contributed by atoms with Crippen molar-refractivity contribution in [3.63, 3.8) is 0 Å². The van der Waals surface area contributed by atoms with Gasteiger partial charge in [-0.1, -0.05) is 6.92 Å². The minimum atomic E-state index is 0.611. The zero-order valence-electron chi connectivity index (χ0n) is 10.8. The molecule has 5 nitrogen and oxygen atoms in total. The van der Waals surface area contributed by atoms with Gasteiger partial charge in [-0.15, -0.1) is 0 Å². The Kier molecular flexibility index (Phi) is 6.32. The van der Waals surface area contributed by atoms with E-state index in [-0.39, 0.29) is 0 Å². The van der Waals surface area contributed by atoms with Crippen molar-refractivity contribution in [2.24, 2.45) is 0 Å². The maximum absolute atomic E-state index is 5.57. The van der Waals surface area contributed by atoms with Crippen molar-refractivity contribution in [3.8, 4) is 5.88 Å². The van der Waals surface area contributed by atoms with Crippen LogP contribution in [0.15, 0.2) is 6.07 Å². The lowest BCUT2D eigenvalue weighted by molar-refractivity contribution is 0.170. The number of hydrogen-bond donors (Lipinski definition) is 1. The second kappa shape index (κ2) is 7.84. The molecular formula is C12H21N3O2. The molecule has 17 heavy (non-hydrogen) atoms. The Morgan fingerprint density at radius 2 is 2.12 bits per heavy atom. The highest BCUT2D eigenvalue weighted by atomic mass is 16.5. The number of aryl methyl sites for hydroxylation is 1. The molecule has 0 amide bonds. The fourth-order valence-corrected chi connectivity index (χ4v) is 1.39. The van der Waals surface area contributed by atoms with Crippen LogP contribution in [0.4, 0.5) is 5.82 Å². The van der Waals surface area contributed by atoms with Gasteiger partial charge in [0.1, 0.15) is 11.6 Å². The van der Waals surface area contributed by atoms with Gasteiger partial charge >= 0.3 is 0 Å². The molecule has 0 atom stereocenters. The summed E-state index contributed by atoms with van der Waals surface area (Å²) in [7, 11) is 3.52. The molecule has 0 radical (unpaired) electrons. The van der Waals surface area contributed by atoms with E-state index in [1.54, 1.807) is 7.11 Å². The van der Waals surface area contributed by atoms with E-state index in [2.05, 4.69) is 22.2 Å². The fourth-order valence-electron chi connectivity index (χ4n) is 1.39. The van der Waals surface area contributed by atoms with E-state index in [4.69, 9.17) is 9.47 Å². The maximum atomic E-state index is 5.57. The highest BCUT2D eigenvalue weighted by molar-refractivity contribution is 5.37. The van der Waals surface area contributed by atoms with Crippen LogP contribution in [0.2, 0.25) is 0 Å². The first-order chi connectivity index (χ1) is 8.30. The predicted molar refractivity (Wildman–Crippen MR) is 67.6 cm³/mol. The highest BCUT2D eigenvalue weighted by Crippen LogP contribution is 2.14. The first-order valence-corrected chi connectivity index (χ1v) is 5.97. The molecule has 0 aliphatic carbocycles. The first-order valence-electron chi connectivity index (χ1n) is 5.97. The Balaban J connectivity index is 2.59. The van der Waals surface area contributed by atoms with Gasteiger partial charge < -0.3 is 14.8 Å². The third kappa shape index (κ3) is 4.99. The average molecular weight is 239 g/mol. The predicted octanol–water partition coefficient (Wildman–Crippen LogP) is 1.89.